The average Bonchev–Trinajstić information content (AvgIpc) is 1.12. The van der Waals surface area contributed by atoms with Crippen molar-refractivity contribution in [2.45, 2.75) is 99.0 Å². The van der Waals surface area contributed by atoms with E-state index in [-0.39, 0.29) is 54.9 Å². The molecule has 68 heavy (non-hydrogen) atoms. The van der Waals surface area contributed by atoms with Crippen molar-refractivity contribution >= 4 is 11.0 Å². The summed E-state index contributed by atoms with van der Waals surface area (Å²) in [5.41, 5.74) is 0.192. The van der Waals surface area contributed by atoms with Gasteiger partial charge in [0.2, 0.25) is 0 Å². The van der Waals surface area contributed by atoms with Gasteiger partial charge in [-0.25, -0.2) is 4.98 Å². The molecule has 5 heteroatoms. The van der Waals surface area contributed by atoms with Crippen LogP contribution in [0.2, 0.25) is 0 Å². The summed E-state index contributed by atoms with van der Waals surface area (Å²) < 4.78 is 168. The molecule has 0 aliphatic carbocycles. The van der Waals surface area contributed by atoms with E-state index in [0.717, 1.165) is 16.7 Å². The number of imidazole rings is 1. The van der Waals surface area contributed by atoms with E-state index in [2.05, 4.69) is 31.8 Å². The second kappa shape index (κ2) is 18.3. The number of phenols is 1. The molecule has 0 radical (unpaired) electrons. The standard InChI is InChI=1S/C63H62N3O.Pt/c1-39-31-41(3)59(67)54(32-39)60-65-58-51(46-34-47(36-50(35-46)63(10,11)12)55-37-45(29-30-64-55)42-21-25-48(26-22-42)61(4,5)6)19-16-20-56(58)66(60)57-33-40(2)52(38-53(57)43-17-14-13-15-18-43)44-23-27-49(28-24-44)62(7,8)9;/h13-33,35-38,67H,1-12H3;/q-1;/i2D3,4D3,5D3,6D3,21D,22D,25D,26D,29D,30D,37D;. The molecule has 4 nitrogen and oxygen atoms in total. The van der Waals surface area contributed by atoms with Gasteiger partial charge >= 0.3 is 0 Å². The number of rotatable bonds is 7. The predicted molar refractivity (Wildman–Crippen MR) is 282 cm³/mol. The number of aromatic nitrogens is 3. The first-order chi connectivity index (χ1) is 39.6. The number of phenolic OH excluding ortho intramolecular Hbond substituents is 1. The maximum Gasteiger partial charge on any atom is 0.148 e. The number of benzene rings is 7. The first-order valence-electron chi connectivity index (χ1n) is 31.5. The van der Waals surface area contributed by atoms with E-state index in [0.29, 0.717) is 61.2 Å². The monoisotopic (exact) mass is 1090 g/mol. The van der Waals surface area contributed by atoms with Gasteiger partial charge in [0.05, 0.1) is 31.9 Å². The average molecular weight is 1090 g/mol. The van der Waals surface area contributed by atoms with E-state index < -0.39 is 97.4 Å². The molecule has 0 amide bonds. The quantitative estimate of drug-likeness (QED) is 0.162. The zero-order chi connectivity index (χ0) is 63.7. The van der Waals surface area contributed by atoms with Crippen LogP contribution in [0.5, 0.6) is 5.75 Å². The molecule has 1 N–H and O–H groups in total. The van der Waals surface area contributed by atoms with Gasteiger partial charge in [0, 0.05) is 54.9 Å². The molecule has 0 spiro atoms. The molecule has 2 heterocycles. The molecule has 0 bridgehead atoms. The first kappa shape index (κ1) is 29.5. The Morgan fingerprint density at radius 1 is 0.588 bits per heavy atom. The van der Waals surface area contributed by atoms with Gasteiger partial charge in [-0.3, -0.25) is 9.55 Å². The number of hydrogen-bond acceptors (Lipinski definition) is 3. The number of fused-ring (bicyclic) bond motifs is 1. The minimum atomic E-state index is -3.95. The first-order valence-corrected chi connectivity index (χ1v) is 22.0. The minimum absolute atomic E-state index is 0. The van der Waals surface area contributed by atoms with Crippen LogP contribution in [0.15, 0.2) is 152 Å². The summed E-state index contributed by atoms with van der Waals surface area (Å²) >= 11 is 0. The Hall–Kier alpha value is -6.35. The fourth-order valence-electron chi connectivity index (χ4n) is 8.35. The van der Waals surface area contributed by atoms with Crippen molar-refractivity contribution in [3.63, 3.8) is 0 Å². The zero-order valence-corrected chi connectivity index (χ0v) is 41.3. The van der Waals surface area contributed by atoms with Crippen molar-refractivity contribution in [2.75, 3.05) is 0 Å². The van der Waals surface area contributed by atoms with E-state index >= 15 is 0 Å². The largest absolute Gasteiger partial charge is 0.507 e. The van der Waals surface area contributed by atoms with Crippen molar-refractivity contribution in [1.29, 1.82) is 0 Å². The fourth-order valence-corrected chi connectivity index (χ4v) is 8.35. The van der Waals surface area contributed by atoms with Gasteiger partial charge < -0.3 is 5.11 Å². The Labute approximate surface area is 445 Å². The predicted octanol–water partition coefficient (Wildman–Crippen LogP) is 16.7. The third-order valence-electron chi connectivity index (χ3n) is 12.0. The van der Waals surface area contributed by atoms with Crippen molar-refractivity contribution in [3.8, 4) is 78.6 Å². The third kappa shape index (κ3) is 9.41. The van der Waals surface area contributed by atoms with Gasteiger partial charge in [0.1, 0.15) is 11.6 Å². The Morgan fingerprint density at radius 3 is 1.96 bits per heavy atom. The summed E-state index contributed by atoms with van der Waals surface area (Å²) in [6.45, 7) is 1.24. The van der Waals surface area contributed by atoms with Crippen LogP contribution in [-0.2, 0) is 37.3 Å². The molecule has 0 unspecified atom stereocenters. The van der Waals surface area contributed by atoms with Gasteiger partial charge in [-0.1, -0.05) is 176 Å². The summed E-state index contributed by atoms with van der Waals surface area (Å²) in [6, 6.07) is 30.3. The summed E-state index contributed by atoms with van der Waals surface area (Å²) in [7, 11) is 0. The molecular formula is C63H62N3OPt-. The van der Waals surface area contributed by atoms with Crippen molar-refractivity contribution in [2.24, 2.45) is 0 Å². The van der Waals surface area contributed by atoms with Crippen LogP contribution in [0.3, 0.4) is 0 Å². The second-order valence-electron chi connectivity index (χ2n) is 19.2. The molecule has 346 valence electrons. The normalized spacial score (nSPS) is 16.9. The van der Waals surface area contributed by atoms with Crippen LogP contribution in [-0.4, -0.2) is 19.6 Å². The molecule has 7 aromatic carbocycles. The summed E-state index contributed by atoms with van der Waals surface area (Å²) in [6.07, 6.45) is -0.790. The van der Waals surface area contributed by atoms with E-state index in [1.807, 2.05) is 111 Å². The molecule has 0 atom stereocenters. The van der Waals surface area contributed by atoms with E-state index in [1.165, 1.54) is 0 Å². The van der Waals surface area contributed by atoms with Crippen molar-refractivity contribution in [1.82, 2.24) is 14.5 Å². The Morgan fingerprint density at radius 2 is 1.28 bits per heavy atom. The Kier molecular flexibility index (Phi) is 7.93. The number of pyridine rings is 1. The van der Waals surface area contributed by atoms with E-state index in [9.17, 15) is 9.22 Å². The molecule has 0 fully saturated rings. The number of aromatic hydroxyl groups is 1. The molecule has 9 rings (SSSR count). The number of hydrogen-bond donors (Lipinski definition) is 1. The maximum atomic E-state index is 12.1. The maximum absolute atomic E-state index is 12.1. The van der Waals surface area contributed by atoms with Gasteiger partial charge in [0.25, 0.3) is 0 Å². The molecule has 0 aliphatic rings. The molecule has 2 aromatic heterocycles. The van der Waals surface area contributed by atoms with Crippen LogP contribution < -0.4 is 0 Å². The summed E-state index contributed by atoms with van der Waals surface area (Å²) in [4.78, 5) is 9.74. The minimum Gasteiger partial charge on any atom is -0.507 e. The Bertz CT molecular complexity index is 4120. The molecular weight excluding hydrogens is 1010 g/mol. The number of aryl methyl sites for hydroxylation is 3. The number of para-hydroxylation sites is 1. The summed E-state index contributed by atoms with van der Waals surface area (Å²) in [5.74, 6) is 0.186. The van der Waals surface area contributed by atoms with E-state index in [4.69, 9.17) is 26.9 Å². The molecule has 0 saturated carbocycles. The number of nitrogens with zero attached hydrogens (tertiary/aromatic N) is 3. The molecule has 0 aliphatic heterocycles. The van der Waals surface area contributed by atoms with Gasteiger partial charge in [-0.05, 0) is 123 Å². The third-order valence-corrected chi connectivity index (χ3v) is 12.0. The van der Waals surface area contributed by atoms with Crippen LogP contribution in [0.25, 0.3) is 83.9 Å². The SMILES string of the molecule is [2H]c1nc(-c2[c-]c(-c3cccc4c3nc(-c3cc(C)cc(C)c3O)n4-c3cc(C([2H])([2H])[2H])c(-c4ccc(C(C)(C)C)cc4)cc3-c3ccccc3)cc(C(C)(C)C)c2)c([2H])c(-c2c([2H])c([2H])c(C(C([2H])([2H])[2H])(C([2H])([2H])[2H])C([2H])([2H])[2H])c([2H])c2[2H])c1[2H].[Pt]. The van der Waals surface area contributed by atoms with Gasteiger partial charge in [0.15, 0.2) is 0 Å². The van der Waals surface area contributed by atoms with Crippen LogP contribution >= 0.6 is 0 Å². The Balaban J connectivity index is 0.00000982. The topological polar surface area (TPSA) is 50.9 Å². The van der Waals surface area contributed by atoms with Crippen LogP contribution in [0.1, 0.15) is 122 Å². The molecule has 0 saturated heterocycles. The summed E-state index contributed by atoms with van der Waals surface area (Å²) in [5, 5.41) is 12.1. The fraction of sp³-hybridized carbons (Fsp3) is 0.238. The van der Waals surface area contributed by atoms with Crippen LogP contribution in [0, 0.1) is 26.8 Å². The van der Waals surface area contributed by atoms with E-state index in [1.54, 1.807) is 37.3 Å². The molecule has 9 aromatic rings. The smallest absolute Gasteiger partial charge is 0.148 e. The second-order valence-corrected chi connectivity index (χ2v) is 19.2. The van der Waals surface area contributed by atoms with Crippen molar-refractivity contribution in [3.05, 3.63) is 191 Å². The zero-order valence-electron chi connectivity index (χ0n) is 58.0. The van der Waals surface area contributed by atoms with Crippen molar-refractivity contribution < 1.29 is 52.2 Å². The van der Waals surface area contributed by atoms with Crippen LogP contribution in [0.4, 0.5) is 0 Å². The van der Waals surface area contributed by atoms with Gasteiger partial charge in [-0.15, -0.1) is 29.3 Å². The van der Waals surface area contributed by atoms with Gasteiger partial charge in [-0.2, -0.15) is 0 Å².